The minimum atomic E-state index is -1.31. The lowest BCUT2D eigenvalue weighted by atomic mass is 9.88. The molecule has 162 valence electrons. The Morgan fingerprint density at radius 1 is 1.32 bits per heavy atom. The molecule has 0 bridgehead atoms. The predicted molar refractivity (Wildman–Crippen MR) is 111 cm³/mol. The number of nitrogens with one attached hydrogen (secondary N) is 2. The third-order valence-electron chi connectivity index (χ3n) is 5.61. The molecule has 2 heterocycles. The lowest BCUT2D eigenvalue weighted by Gasteiger charge is -2.44. The number of aliphatic hydroxyl groups is 3. The largest absolute Gasteiger partial charge is 0.388 e. The minimum absolute atomic E-state index is 0.0211. The second-order valence-electron chi connectivity index (χ2n) is 8.09. The Kier molecular flexibility index (Phi) is 9.24. The summed E-state index contributed by atoms with van der Waals surface area (Å²) in [5.74, 6) is -0.148. The van der Waals surface area contributed by atoms with Gasteiger partial charge in [-0.3, -0.25) is 4.79 Å². The van der Waals surface area contributed by atoms with Gasteiger partial charge in [-0.25, -0.2) is 0 Å². The minimum Gasteiger partial charge on any atom is -0.388 e. The fourth-order valence-corrected chi connectivity index (χ4v) is 4.49. The van der Waals surface area contributed by atoms with Crippen LogP contribution in [0.3, 0.4) is 0 Å². The zero-order valence-electron chi connectivity index (χ0n) is 17.3. The molecule has 2 aliphatic rings. The summed E-state index contributed by atoms with van der Waals surface area (Å²) >= 11 is 1.27. The van der Waals surface area contributed by atoms with Crippen LogP contribution in [0.2, 0.25) is 0 Å². The highest BCUT2D eigenvalue weighted by Gasteiger charge is 2.47. The van der Waals surface area contributed by atoms with Crippen LogP contribution in [0.5, 0.6) is 0 Å². The average Bonchev–Trinajstić information content (AvgIpc) is 2.69. The van der Waals surface area contributed by atoms with Gasteiger partial charge in [0.25, 0.3) is 0 Å². The number of thioether (sulfide) groups is 1. The van der Waals surface area contributed by atoms with Crippen LogP contribution < -0.4 is 10.6 Å². The third-order valence-corrected chi connectivity index (χ3v) is 6.46. The Bertz CT molecular complexity index is 543. The van der Waals surface area contributed by atoms with Crippen molar-refractivity contribution in [1.29, 1.82) is 0 Å². The van der Waals surface area contributed by atoms with E-state index in [9.17, 15) is 20.1 Å². The molecule has 0 aromatic rings. The van der Waals surface area contributed by atoms with Crippen LogP contribution in [0.15, 0.2) is 11.6 Å². The summed E-state index contributed by atoms with van der Waals surface area (Å²) < 4.78 is 5.87. The van der Waals surface area contributed by atoms with E-state index in [0.717, 1.165) is 19.3 Å². The molecule has 2 aliphatic heterocycles. The summed E-state index contributed by atoms with van der Waals surface area (Å²) in [6, 6.07) is -0.795. The van der Waals surface area contributed by atoms with Gasteiger partial charge in [0.15, 0.2) is 0 Å². The zero-order chi connectivity index (χ0) is 20.8. The van der Waals surface area contributed by atoms with Gasteiger partial charge in [0, 0.05) is 6.54 Å². The first-order chi connectivity index (χ1) is 13.3. The second-order valence-corrected chi connectivity index (χ2v) is 9.02. The first-order valence-corrected chi connectivity index (χ1v) is 11.5. The van der Waals surface area contributed by atoms with Crippen molar-refractivity contribution in [3.05, 3.63) is 11.6 Å². The van der Waals surface area contributed by atoms with Gasteiger partial charge < -0.3 is 30.7 Å². The predicted octanol–water partition coefficient (Wildman–Crippen LogP) is 0.776. The van der Waals surface area contributed by atoms with Gasteiger partial charge >= 0.3 is 0 Å². The Morgan fingerprint density at radius 2 is 2.04 bits per heavy atom. The van der Waals surface area contributed by atoms with Crippen LogP contribution in [-0.2, 0) is 9.53 Å². The molecule has 7 atom stereocenters. The molecule has 0 aromatic carbocycles. The first kappa shape index (κ1) is 23.6. The van der Waals surface area contributed by atoms with E-state index in [1.54, 1.807) is 6.26 Å². The summed E-state index contributed by atoms with van der Waals surface area (Å²) in [5.41, 5.74) is 0.648. The number of aliphatic hydroxyl groups excluding tert-OH is 3. The topological polar surface area (TPSA) is 111 Å². The molecule has 7 nitrogen and oxygen atoms in total. The van der Waals surface area contributed by atoms with Crippen molar-refractivity contribution in [2.75, 3.05) is 12.8 Å². The van der Waals surface area contributed by atoms with Crippen molar-refractivity contribution >= 4 is 17.7 Å². The van der Waals surface area contributed by atoms with Crippen molar-refractivity contribution in [2.24, 2.45) is 5.92 Å². The molecule has 7 unspecified atom stereocenters. The monoisotopic (exact) mass is 416 g/mol. The SMILES string of the molecule is CCCCC1=CCNC(C(=O)NC(C(C)C)C2OC(SC)C(O)C(O)C2O)C1. The van der Waals surface area contributed by atoms with Gasteiger partial charge in [-0.2, -0.15) is 0 Å². The van der Waals surface area contributed by atoms with Crippen LogP contribution in [0.4, 0.5) is 0 Å². The Morgan fingerprint density at radius 3 is 2.64 bits per heavy atom. The molecule has 0 aromatic heterocycles. The standard InChI is InChI=1S/C20H36N2O5S/c1-5-6-7-12-8-9-21-13(10-12)19(26)22-14(11(2)3)18-16(24)15(23)17(25)20(27-18)28-4/h8,11,13-18,20-21,23-25H,5-7,9-10H2,1-4H3,(H,22,26). The van der Waals surface area contributed by atoms with E-state index in [2.05, 4.69) is 23.6 Å². The van der Waals surface area contributed by atoms with Crippen LogP contribution in [0.25, 0.3) is 0 Å². The van der Waals surface area contributed by atoms with Crippen LogP contribution in [0.1, 0.15) is 46.5 Å². The summed E-state index contributed by atoms with van der Waals surface area (Å²) in [7, 11) is 0. The molecule has 1 amide bonds. The number of hydrogen-bond acceptors (Lipinski definition) is 7. The van der Waals surface area contributed by atoms with E-state index in [-0.39, 0.29) is 17.9 Å². The van der Waals surface area contributed by atoms with E-state index in [4.69, 9.17) is 4.74 Å². The van der Waals surface area contributed by atoms with Crippen LogP contribution in [0, 0.1) is 5.92 Å². The smallest absolute Gasteiger partial charge is 0.237 e. The van der Waals surface area contributed by atoms with Gasteiger partial charge in [-0.15, -0.1) is 11.8 Å². The highest BCUT2D eigenvalue weighted by molar-refractivity contribution is 7.99. The van der Waals surface area contributed by atoms with Gasteiger partial charge in [-0.1, -0.05) is 38.8 Å². The maximum atomic E-state index is 12.9. The molecule has 0 aliphatic carbocycles. The summed E-state index contributed by atoms with van der Waals surface area (Å²) in [6.07, 6.45) is 3.32. The summed E-state index contributed by atoms with van der Waals surface area (Å²) in [5, 5.41) is 37.0. The van der Waals surface area contributed by atoms with Crippen LogP contribution >= 0.6 is 11.8 Å². The zero-order valence-corrected chi connectivity index (χ0v) is 18.1. The van der Waals surface area contributed by atoms with Crippen molar-refractivity contribution in [3.63, 3.8) is 0 Å². The van der Waals surface area contributed by atoms with Gasteiger partial charge in [-0.05, 0) is 31.4 Å². The maximum Gasteiger partial charge on any atom is 0.237 e. The number of hydrogen-bond donors (Lipinski definition) is 5. The molecular formula is C20H36N2O5S. The maximum absolute atomic E-state index is 12.9. The molecule has 0 saturated carbocycles. The van der Waals surface area contributed by atoms with Gasteiger partial charge in [0.2, 0.25) is 5.91 Å². The number of rotatable bonds is 8. The Labute approximate surface area is 172 Å². The molecule has 2 rings (SSSR count). The molecule has 0 radical (unpaired) electrons. The van der Waals surface area contributed by atoms with Gasteiger partial charge in [0.05, 0.1) is 12.1 Å². The number of carbonyl (C=O) groups is 1. The number of amides is 1. The normalized spacial score (nSPS) is 34.8. The highest BCUT2D eigenvalue weighted by atomic mass is 32.2. The molecule has 1 saturated heterocycles. The number of unbranched alkanes of at least 4 members (excludes halogenated alkanes) is 1. The third kappa shape index (κ3) is 5.70. The lowest BCUT2D eigenvalue weighted by Crippen LogP contribution is -2.64. The molecule has 8 heteroatoms. The lowest BCUT2D eigenvalue weighted by molar-refractivity contribution is -0.208. The number of ether oxygens (including phenoxy) is 1. The van der Waals surface area contributed by atoms with Gasteiger partial charge in [0.1, 0.15) is 29.9 Å². The van der Waals surface area contributed by atoms with E-state index in [1.165, 1.54) is 17.3 Å². The van der Waals surface area contributed by atoms with E-state index in [0.29, 0.717) is 13.0 Å². The second kappa shape index (κ2) is 10.9. The van der Waals surface area contributed by atoms with E-state index >= 15 is 0 Å². The Balaban J connectivity index is 2.06. The quantitative estimate of drug-likeness (QED) is 0.372. The van der Waals surface area contributed by atoms with E-state index in [1.807, 2.05) is 13.8 Å². The highest BCUT2D eigenvalue weighted by Crippen LogP contribution is 2.30. The number of carbonyl (C=O) groups excluding carboxylic acids is 1. The molecule has 1 fully saturated rings. The molecule has 28 heavy (non-hydrogen) atoms. The molecule has 5 N–H and O–H groups in total. The van der Waals surface area contributed by atoms with Crippen molar-refractivity contribution in [1.82, 2.24) is 10.6 Å². The summed E-state index contributed by atoms with van der Waals surface area (Å²) in [6.45, 7) is 6.70. The van der Waals surface area contributed by atoms with E-state index < -0.39 is 35.9 Å². The van der Waals surface area contributed by atoms with Crippen molar-refractivity contribution in [3.8, 4) is 0 Å². The van der Waals surface area contributed by atoms with Crippen LogP contribution in [-0.4, -0.2) is 76.0 Å². The summed E-state index contributed by atoms with van der Waals surface area (Å²) in [4.78, 5) is 12.9. The fourth-order valence-electron chi connectivity index (χ4n) is 3.81. The molecular weight excluding hydrogens is 380 g/mol. The fraction of sp³-hybridized carbons (Fsp3) is 0.850. The first-order valence-electron chi connectivity index (χ1n) is 10.2. The van der Waals surface area contributed by atoms with Crippen molar-refractivity contribution in [2.45, 2.75) is 88.4 Å². The van der Waals surface area contributed by atoms with Crippen molar-refractivity contribution < 1.29 is 24.9 Å². The Hall–Kier alpha value is -0.640. The molecule has 0 spiro atoms. The average molecular weight is 417 g/mol.